The Morgan fingerprint density at radius 2 is 1.55 bits per heavy atom. The van der Waals surface area contributed by atoms with Crippen LogP contribution in [0.3, 0.4) is 0 Å². The van der Waals surface area contributed by atoms with Gasteiger partial charge in [0.25, 0.3) is 0 Å². The highest BCUT2D eigenvalue weighted by molar-refractivity contribution is 5.87. The van der Waals surface area contributed by atoms with E-state index in [1.165, 1.54) is 76.7 Å². The van der Waals surface area contributed by atoms with E-state index in [1.54, 1.807) is 12.1 Å². The molecule has 1 unspecified atom stereocenters. The normalized spacial score (nSPS) is 12.2. The summed E-state index contributed by atoms with van der Waals surface area (Å²) in [6.07, 6.45) is 22.2. The van der Waals surface area contributed by atoms with Crippen molar-refractivity contribution in [2.24, 2.45) is 0 Å². The van der Waals surface area contributed by atoms with Crippen LogP contribution in [-0.4, -0.2) is 48.6 Å². The summed E-state index contributed by atoms with van der Waals surface area (Å²) in [5.41, 5.74) is 0.640. The minimum absolute atomic E-state index is 0.00148. The van der Waals surface area contributed by atoms with Crippen LogP contribution in [0.25, 0.3) is 6.08 Å². The number of aromatic hydroxyl groups is 1. The Hall–Kier alpha value is -2.80. The predicted molar refractivity (Wildman–Crippen MR) is 151 cm³/mol. The van der Waals surface area contributed by atoms with Crippen molar-refractivity contribution in [1.29, 1.82) is 0 Å². The fourth-order valence-corrected chi connectivity index (χ4v) is 3.89. The zero-order valence-corrected chi connectivity index (χ0v) is 23.4. The van der Waals surface area contributed by atoms with Crippen molar-refractivity contribution in [3.63, 3.8) is 0 Å². The molecule has 0 heterocycles. The first-order chi connectivity index (χ1) is 18.5. The summed E-state index contributed by atoms with van der Waals surface area (Å²) in [6.45, 7) is 1.59. The first-order valence-corrected chi connectivity index (χ1v) is 14.2. The lowest BCUT2D eigenvalue weighted by atomic mass is 10.1. The number of hydrogen-bond donors (Lipinski definition) is 2. The third-order valence-electron chi connectivity index (χ3n) is 6.17. The predicted octanol–water partition coefficient (Wildman–Crippen LogP) is 6.90. The molecule has 0 saturated carbocycles. The maximum absolute atomic E-state index is 12.1. The minimum atomic E-state index is -0.892. The van der Waals surface area contributed by atoms with Gasteiger partial charge in [-0.05, 0) is 55.9 Å². The molecule has 0 spiro atoms. The van der Waals surface area contributed by atoms with E-state index < -0.39 is 24.6 Å². The number of ether oxygens (including phenoxy) is 3. The van der Waals surface area contributed by atoms with Gasteiger partial charge in [0.1, 0.15) is 6.61 Å². The second kappa shape index (κ2) is 22.2. The number of methoxy groups -OCH3 is 1. The number of carbonyl (C=O) groups excluding carboxylic acids is 2. The number of esters is 2. The van der Waals surface area contributed by atoms with Crippen molar-refractivity contribution in [3.05, 3.63) is 42.0 Å². The van der Waals surface area contributed by atoms with Crippen molar-refractivity contribution in [2.45, 2.75) is 103 Å². The van der Waals surface area contributed by atoms with Crippen LogP contribution >= 0.6 is 0 Å². The second-order valence-electron chi connectivity index (χ2n) is 9.52. The molecular weight excluding hydrogens is 484 g/mol. The molecule has 1 aromatic carbocycles. The number of hydrogen-bond acceptors (Lipinski definition) is 7. The Morgan fingerprint density at radius 3 is 2.18 bits per heavy atom. The minimum Gasteiger partial charge on any atom is -0.504 e. The molecule has 0 aliphatic heterocycles. The van der Waals surface area contributed by atoms with Crippen molar-refractivity contribution >= 4 is 18.0 Å². The van der Waals surface area contributed by atoms with Gasteiger partial charge in [-0.15, -0.1) is 0 Å². The van der Waals surface area contributed by atoms with E-state index in [9.17, 15) is 19.8 Å². The maximum Gasteiger partial charge on any atom is 0.330 e. The third kappa shape index (κ3) is 16.8. The van der Waals surface area contributed by atoms with E-state index in [2.05, 4.69) is 19.1 Å². The molecule has 7 nitrogen and oxygen atoms in total. The molecule has 0 aliphatic rings. The van der Waals surface area contributed by atoms with Crippen LogP contribution in [0, 0.1) is 0 Å². The zero-order chi connectivity index (χ0) is 27.8. The number of aliphatic hydroxyl groups is 1. The SMILES string of the molecule is CCCCCCCC/C=C\CCCCCCCC(=O)OC(CO)COC(=O)/C=C/c1ccc(O)c(OC)c1. The van der Waals surface area contributed by atoms with Gasteiger partial charge < -0.3 is 24.4 Å². The number of phenolic OH excluding ortho intramolecular Hbond substituents is 1. The zero-order valence-electron chi connectivity index (χ0n) is 23.4. The van der Waals surface area contributed by atoms with Crippen LogP contribution in [0.15, 0.2) is 36.4 Å². The molecular formula is C31H48O7. The van der Waals surface area contributed by atoms with E-state index in [0.29, 0.717) is 11.3 Å². The highest BCUT2D eigenvalue weighted by Gasteiger charge is 2.15. The van der Waals surface area contributed by atoms with E-state index in [0.717, 1.165) is 32.1 Å². The van der Waals surface area contributed by atoms with Crippen LogP contribution < -0.4 is 4.74 Å². The van der Waals surface area contributed by atoms with Crippen molar-refractivity contribution in [3.8, 4) is 11.5 Å². The largest absolute Gasteiger partial charge is 0.504 e. The highest BCUT2D eigenvalue weighted by Crippen LogP contribution is 2.26. The van der Waals surface area contributed by atoms with Crippen LogP contribution in [0.1, 0.15) is 102 Å². The van der Waals surface area contributed by atoms with Gasteiger partial charge in [0.2, 0.25) is 0 Å². The summed E-state index contributed by atoms with van der Waals surface area (Å²) in [6, 6.07) is 4.66. The Morgan fingerprint density at radius 1 is 0.921 bits per heavy atom. The number of benzene rings is 1. The van der Waals surface area contributed by atoms with Gasteiger partial charge in [-0.1, -0.05) is 76.5 Å². The first kappa shape index (κ1) is 33.2. The molecule has 0 aromatic heterocycles. The van der Waals surface area contributed by atoms with Crippen molar-refractivity contribution < 1.29 is 34.0 Å². The quantitative estimate of drug-likeness (QED) is 0.0725. The van der Waals surface area contributed by atoms with E-state index in [4.69, 9.17) is 14.2 Å². The van der Waals surface area contributed by atoms with E-state index >= 15 is 0 Å². The van der Waals surface area contributed by atoms with Gasteiger partial charge in [0, 0.05) is 12.5 Å². The van der Waals surface area contributed by atoms with E-state index in [1.807, 2.05) is 0 Å². The van der Waals surface area contributed by atoms with Gasteiger partial charge in [-0.3, -0.25) is 4.79 Å². The molecule has 0 saturated heterocycles. The van der Waals surface area contributed by atoms with Crippen LogP contribution in [0.4, 0.5) is 0 Å². The fourth-order valence-electron chi connectivity index (χ4n) is 3.89. The van der Waals surface area contributed by atoms with Crippen molar-refractivity contribution in [2.75, 3.05) is 20.3 Å². The third-order valence-corrected chi connectivity index (χ3v) is 6.17. The molecule has 0 fully saturated rings. The van der Waals surface area contributed by atoms with Gasteiger partial charge >= 0.3 is 11.9 Å². The summed E-state index contributed by atoms with van der Waals surface area (Å²) >= 11 is 0. The summed E-state index contributed by atoms with van der Waals surface area (Å²) in [5.74, 6) is -0.742. The van der Waals surface area contributed by atoms with Crippen LogP contribution in [0.2, 0.25) is 0 Å². The highest BCUT2D eigenvalue weighted by atomic mass is 16.6. The summed E-state index contributed by atoms with van der Waals surface area (Å²) in [5, 5.41) is 19.1. The smallest absolute Gasteiger partial charge is 0.330 e. The number of phenols is 1. The van der Waals surface area contributed by atoms with Crippen LogP contribution in [-0.2, 0) is 19.1 Å². The number of allylic oxidation sites excluding steroid dienone is 2. The Balaban J connectivity index is 2.09. The lowest BCUT2D eigenvalue weighted by Crippen LogP contribution is -2.28. The number of aliphatic hydroxyl groups excluding tert-OH is 1. The second-order valence-corrected chi connectivity index (χ2v) is 9.52. The monoisotopic (exact) mass is 532 g/mol. The molecule has 1 atom stereocenters. The summed E-state index contributed by atoms with van der Waals surface area (Å²) in [4.78, 5) is 24.0. The average molecular weight is 533 g/mol. The fraction of sp³-hybridized carbons (Fsp3) is 0.613. The molecule has 0 radical (unpaired) electrons. The molecule has 7 heteroatoms. The molecule has 0 amide bonds. The molecule has 1 rings (SSSR count). The van der Waals surface area contributed by atoms with Crippen LogP contribution in [0.5, 0.6) is 11.5 Å². The van der Waals surface area contributed by atoms with Crippen molar-refractivity contribution in [1.82, 2.24) is 0 Å². The first-order valence-electron chi connectivity index (χ1n) is 14.2. The molecule has 38 heavy (non-hydrogen) atoms. The number of unbranched alkanes of at least 4 members (excludes halogenated alkanes) is 11. The Kier molecular flexibility index (Phi) is 19.4. The molecule has 0 bridgehead atoms. The standard InChI is InChI=1S/C31H48O7/c1-3-4-5-6-7-8-9-10-11-12-13-14-15-16-17-18-31(35)38-27(24-32)25-37-30(34)22-20-26-19-21-28(33)29(23-26)36-2/h10-11,19-23,27,32-33H,3-9,12-18,24-25H2,1-2H3/b11-10-,22-20+. The number of carbonyl (C=O) groups is 2. The molecule has 2 N–H and O–H groups in total. The van der Waals surface area contributed by atoms with E-state index in [-0.39, 0.29) is 18.8 Å². The van der Waals surface area contributed by atoms with Gasteiger partial charge in [-0.2, -0.15) is 0 Å². The lowest BCUT2D eigenvalue weighted by Gasteiger charge is -2.15. The number of rotatable bonds is 22. The molecule has 1 aromatic rings. The molecule has 0 aliphatic carbocycles. The topological polar surface area (TPSA) is 102 Å². The van der Waals surface area contributed by atoms with Gasteiger partial charge in [0.15, 0.2) is 17.6 Å². The maximum atomic E-state index is 12.1. The van der Waals surface area contributed by atoms with Gasteiger partial charge in [-0.25, -0.2) is 4.79 Å². The Labute approximate surface area is 228 Å². The molecule has 214 valence electrons. The van der Waals surface area contributed by atoms with Gasteiger partial charge in [0.05, 0.1) is 13.7 Å². The Bertz CT molecular complexity index is 832. The summed E-state index contributed by atoms with van der Waals surface area (Å²) in [7, 11) is 1.44. The average Bonchev–Trinajstić information content (AvgIpc) is 2.92. The lowest BCUT2D eigenvalue weighted by molar-refractivity contribution is -0.159. The summed E-state index contributed by atoms with van der Waals surface area (Å²) < 4.78 is 15.3.